The van der Waals surface area contributed by atoms with Gasteiger partial charge in [-0.2, -0.15) is 0 Å². The Bertz CT molecular complexity index is 1630. The zero-order valence-corrected chi connectivity index (χ0v) is 33.8. The van der Waals surface area contributed by atoms with Crippen molar-refractivity contribution in [2.45, 2.75) is 104 Å². The van der Waals surface area contributed by atoms with Gasteiger partial charge in [-0.3, -0.25) is 14.5 Å². The van der Waals surface area contributed by atoms with Crippen molar-refractivity contribution in [3.63, 3.8) is 0 Å². The molecule has 0 aliphatic carbocycles. The maximum atomic E-state index is 14.3. The molecule has 10 heteroatoms. The first-order valence-corrected chi connectivity index (χ1v) is 22.5. The minimum absolute atomic E-state index is 0.0916. The highest BCUT2D eigenvalue weighted by Gasteiger charge is 2.43. The van der Waals surface area contributed by atoms with Gasteiger partial charge in [0.2, 0.25) is 0 Å². The third-order valence-corrected chi connectivity index (χ3v) is 16.1. The van der Waals surface area contributed by atoms with Crippen molar-refractivity contribution in [2.24, 2.45) is 5.92 Å². The highest BCUT2D eigenvalue weighted by molar-refractivity contribution is 9.11. The summed E-state index contributed by atoms with van der Waals surface area (Å²) in [7, 11) is 0. The molecule has 0 fully saturated rings. The van der Waals surface area contributed by atoms with E-state index in [0.29, 0.717) is 23.6 Å². The number of carbonyl (C=O) groups excluding carboxylic acids is 2. The fourth-order valence-corrected chi connectivity index (χ4v) is 14.1. The first kappa shape index (κ1) is 35.0. The SMILES string of the molecule is CCCCCCCCCCC(CCCCCC)CN1C(=O)c2c(-c3cc4sc(Br)cc4s3)sc(-c3cc4sc(Br)cc4s3)c2C1=O. The molecule has 0 radical (unpaired) electrons. The maximum Gasteiger partial charge on any atom is 0.263 e. The molecule has 6 rings (SSSR count). The Kier molecular flexibility index (Phi) is 12.3. The van der Waals surface area contributed by atoms with Gasteiger partial charge in [-0.15, -0.1) is 56.7 Å². The summed E-state index contributed by atoms with van der Waals surface area (Å²) in [5.41, 5.74) is 1.26. The van der Waals surface area contributed by atoms with E-state index in [0.717, 1.165) is 39.9 Å². The number of amides is 2. The van der Waals surface area contributed by atoms with Crippen LogP contribution in [0.25, 0.3) is 38.3 Å². The lowest BCUT2D eigenvalue weighted by Gasteiger charge is -2.23. The number of halogens is 2. The molecule has 0 saturated heterocycles. The van der Waals surface area contributed by atoms with Crippen molar-refractivity contribution in [2.75, 3.05) is 6.54 Å². The summed E-state index contributed by atoms with van der Waals surface area (Å²) in [4.78, 5) is 34.4. The van der Waals surface area contributed by atoms with E-state index in [9.17, 15) is 9.59 Å². The van der Waals surface area contributed by atoms with Gasteiger partial charge in [0.25, 0.3) is 11.8 Å². The van der Waals surface area contributed by atoms with Gasteiger partial charge in [0.15, 0.2) is 0 Å². The number of hydrogen-bond donors (Lipinski definition) is 0. The van der Waals surface area contributed by atoms with E-state index >= 15 is 0 Å². The van der Waals surface area contributed by atoms with Crippen molar-refractivity contribution >= 4 is 119 Å². The molecule has 0 bridgehead atoms. The summed E-state index contributed by atoms with van der Waals surface area (Å²) in [5.74, 6) is 0.176. The minimum atomic E-state index is -0.0916. The second-order valence-electron chi connectivity index (χ2n) is 12.5. The van der Waals surface area contributed by atoms with Crippen molar-refractivity contribution in [3.8, 4) is 19.5 Å². The highest BCUT2D eigenvalue weighted by Crippen LogP contribution is 2.52. The Balaban J connectivity index is 1.26. The molecule has 1 unspecified atom stereocenters. The molecule has 1 aliphatic heterocycles. The molecule has 6 heterocycles. The molecular weight excluding hydrogens is 799 g/mol. The number of hydrogen-bond acceptors (Lipinski definition) is 7. The Morgan fingerprint density at radius 2 is 0.978 bits per heavy atom. The molecule has 3 nitrogen and oxygen atoms in total. The Morgan fingerprint density at radius 3 is 1.43 bits per heavy atom. The minimum Gasteiger partial charge on any atom is -0.274 e. The Hall–Kier alpha value is -0.880. The molecule has 5 aromatic heterocycles. The summed E-state index contributed by atoms with van der Waals surface area (Å²) in [6.07, 6.45) is 17.4. The first-order valence-electron chi connectivity index (χ1n) is 16.8. The lowest BCUT2D eigenvalue weighted by Crippen LogP contribution is -2.35. The second-order valence-corrected chi connectivity index (χ2v) is 20.6. The number of rotatable bonds is 18. The van der Waals surface area contributed by atoms with E-state index in [-0.39, 0.29) is 11.8 Å². The summed E-state index contributed by atoms with van der Waals surface area (Å²) >= 11 is 15.7. The molecule has 246 valence electrons. The van der Waals surface area contributed by atoms with Gasteiger partial charge in [-0.25, -0.2) is 0 Å². The third kappa shape index (κ3) is 7.79. The van der Waals surface area contributed by atoms with Crippen LogP contribution in [0.1, 0.15) is 124 Å². The van der Waals surface area contributed by atoms with Gasteiger partial charge in [-0.1, -0.05) is 90.9 Å². The molecule has 1 aliphatic rings. The van der Waals surface area contributed by atoms with Gasteiger partial charge in [0.1, 0.15) is 0 Å². The first-order chi connectivity index (χ1) is 22.4. The van der Waals surface area contributed by atoms with Crippen molar-refractivity contribution < 1.29 is 9.59 Å². The van der Waals surface area contributed by atoms with Crippen LogP contribution in [0.5, 0.6) is 0 Å². The second kappa shape index (κ2) is 16.2. The van der Waals surface area contributed by atoms with Crippen LogP contribution in [0.3, 0.4) is 0 Å². The summed E-state index contributed by atoms with van der Waals surface area (Å²) < 4.78 is 7.07. The van der Waals surface area contributed by atoms with E-state index in [1.54, 1.807) is 61.6 Å². The van der Waals surface area contributed by atoms with Crippen LogP contribution in [0.2, 0.25) is 0 Å². The van der Waals surface area contributed by atoms with Crippen LogP contribution in [-0.2, 0) is 0 Å². The van der Waals surface area contributed by atoms with E-state index in [2.05, 4.69) is 70.0 Å². The zero-order valence-electron chi connectivity index (χ0n) is 26.6. The predicted octanol–water partition coefficient (Wildman–Crippen LogP) is 14.9. The van der Waals surface area contributed by atoms with Crippen LogP contribution in [0.15, 0.2) is 31.8 Å². The van der Waals surface area contributed by atoms with Gasteiger partial charge in [0, 0.05) is 35.1 Å². The van der Waals surface area contributed by atoms with Crippen molar-refractivity contribution in [1.29, 1.82) is 0 Å². The van der Waals surface area contributed by atoms with Gasteiger partial charge in [0.05, 0.1) is 28.5 Å². The molecule has 2 amide bonds. The van der Waals surface area contributed by atoms with Crippen LogP contribution in [0.4, 0.5) is 0 Å². The van der Waals surface area contributed by atoms with Crippen LogP contribution < -0.4 is 0 Å². The number of carbonyl (C=O) groups is 2. The molecule has 1 atom stereocenters. The highest BCUT2D eigenvalue weighted by atomic mass is 79.9. The number of unbranched alkanes of at least 4 members (excludes halogenated alkanes) is 10. The van der Waals surface area contributed by atoms with Gasteiger partial charge < -0.3 is 0 Å². The van der Waals surface area contributed by atoms with Crippen LogP contribution >= 0.6 is 88.5 Å². The summed E-state index contributed by atoms with van der Waals surface area (Å²) in [6.45, 7) is 5.06. The van der Waals surface area contributed by atoms with E-state index in [1.165, 1.54) is 95.8 Å². The molecular formula is C36H41Br2NO2S5. The number of thiophene rings is 5. The fourth-order valence-electron chi connectivity index (χ4n) is 6.56. The topological polar surface area (TPSA) is 37.4 Å². The summed E-state index contributed by atoms with van der Waals surface area (Å²) in [5, 5.41) is 0. The third-order valence-electron chi connectivity index (χ3n) is 9.00. The number of imide groups is 1. The average Bonchev–Trinajstić information content (AvgIpc) is 3.85. The lowest BCUT2D eigenvalue weighted by molar-refractivity contribution is 0.0622. The monoisotopic (exact) mass is 837 g/mol. The molecule has 5 aromatic rings. The standard InChI is InChI=1S/C36H41Br2NO2S5/c1-3-5-7-9-10-11-12-14-16-22(15-13-8-6-4-2)21-39-35(40)31-32(36(39)41)34(28-18-24-26(43-28)20-30(38)45-24)46-33(31)27-17-23-25(42-27)19-29(37)44-23/h17-20,22H,3-16,21H2,1-2H3. The van der Waals surface area contributed by atoms with Crippen LogP contribution in [0, 0.1) is 5.92 Å². The molecule has 46 heavy (non-hydrogen) atoms. The quantitative estimate of drug-likeness (QED) is 0.0651. The number of fused-ring (bicyclic) bond motifs is 3. The van der Waals surface area contributed by atoms with E-state index in [4.69, 9.17) is 0 Å². The largest absolute Gasteiger partial charge is 0.274 e. The van der Waals surface area contributed by atoms with Gasteiger partial charge in [-0.05, 0) is 74.9 Å². The predicted molar refractivity (Wildman–Crippen MR) is 212 cm³/mol. The average molecular weight is 840 g/mol. The van der Waals surface area contributed by atoms with E-state index in [1.807, 2.05) is 0 Å². The van der Waals surface area contributed by atoms with E-state index < -0.39 is 0 Å². The number of nitrogens with zero attached hydrogens (tertiary/aromatic N) is 1. The van der Waals surface area contributed by atoms with Crippen LogP contribution in [-0.4, -0.2) is 23.3 Å². The summed E-state index contributed by atoms with van der Waals surface area (Å²) in [6, 6.07) is 8.72. The molecule has 0 N–H and O–H groups in total. The van der Waals surface area contributed by atoms with Crippen molar-refractivity contribution in [3.05, 3.63) is 43.0 Å². The molecule has 0 spiro atoms. The Morgan fingerprint density at radius 1 is 0.565 bits per heavy atom. The fraction of sp³-hybridized carbons (Fsp3) is 0.500. The lowest BCUT2D eigenvalue weighted by atomic mass is 9.93. The van der Waals surface area contributed by atoms with Crippen molar-refractivity contribution in [1.82, 2.24) is 4.90 Å². The molecule has 0 saturated carbocycles. The van der Waals surface area contributed by atoms with Gasteiger partial charge >= 0.3 is 0 Å². The molecule has 0 aromatic carbocycles. The Labute approximate surface area is 309 Å². The zero-order chi connectivity index (χ0) is 32.2. The maximum absolute atomic E-state index is 14.3. The normalized spacial score (nSPS) is 14.0. The smallest absolute Gasteiger partial charge is 0.263 e.